The van der Waals surface area contributed by atoms with E-state index in [1.54, 1.807) is 0 Å². The standard InChI is InChI=1S/C20H44N2/c1-19(13-7-3-5-11-17-21)15-9-10-16-20(2)14-8-4-6-12-18-22/h19-20H,3-18,21-22H2,1-2H3. The Morgan fingerprint density at radius 1 is 0.455 bits per heavy atom. The molecule has 0 saturated carbocycles. The normalized spacial score (nSPS) is 14.2. The van der Waals surface area contributed by atoms with Gasteiger partial charge in [0.05, 0.1) is 0 Å². The first-order valence-corrected chi connectivity index (χ1v) is 10.1. The topological polar surface area (TPSA) is 52.0 Å². The first-order valence-electron chi connectivity index (χ1n) is 10.1. The molecule has 2 unspecified atom stereocenters. The third-order valence-electron chi connectivity index (χ3n) is 4.95. The Morgan fingerprint density at radius 2 is 0.727 bits per heavy atom. The quantitative estimate of drug-likeness (QED) is 0.342. The van der Waals surface area contributed by atoms with Crippen LogP contribution in [0.3, 0.4) is 0 Å². The van der Waals surface area contributed by atoms with Crippen LogP contribution in [0.1, 0.15) is 104 Å². The molecule has 22 heavy (non-hydrogen) atoms. The van der Waals surface area contributed by atoms with Crippen molar-refractivity contribution in [3.63, 3.8) is 0 Å². The predicted octanol–water partition coefficient (Wildman–Crippen LogP) is 5.64. The molecule has 0 aromatic carbocycles. The Labute approximate surface area is 140 Å². The van der Waals surface area contributed by atoms with Gasteiger partial charge in [-0.05, 0) is 37.8 Å². The van der Waals surface area contributed by atoms with Crippen LogP contribution < -0.4 is 11.5 Å². The van der Waals surface area contributed by atoms with E-state index < -0.39 is 0 Å². The van der Waals surface area contributed by atoms with Gasteiger partial charge >= 0.3 is 0 Å². The SMILES string of the molecule is CC(CCCCCCN)CCCCC(C)CCCCCCN. The first-order chi connectivity index (χ1) is 10.7. The fourth-order valence-electron chi connectivity index (χ4n) is 3.26. The molecule has 0 amide bonds. The van der Waals surface area contributed by atoms with E-state index in [-0.39, 0.29) is 0 Å². The molecule has 0 heterocycles. The zero-order chi connectivity index (χ0) is 16.5. The first kappa shape index (κ1) is 21.9. The second kappa shape index (κ2) is 17.3. The van der Waals surface area contributed by atoms with Crippen molar-refractivity contribution in [2.45, 2.75) is 104 Å². The molecule has 2 atom stereocenters. The predicted molar refractivity (Wildman–Crippen MR) is 101 cm³/mol. The van der Waals surface area contributed by atoms with Gasteiger partial charge in [0.2, 0.25) is 0 Å². The summed E-state index contributed by atoms with van der Waals surface area (Å²) in [4.78, 5) is 0. The number of nitrogens with two attached hydrogens (primary N) is 2. The van der Waals surface area contributed by atoms with Crippen LogP contribution in [0, 0.1) is 11.8 Å². The maximum Gasteiger partial charge on any atom is -0.00773 e. The average Bonchev–Trinajstić information content (AvgIpc) is 2.51. The van der Waals surface area contributed by atoms with Gasteiger partial charge in [-0.15, -0.1) is 0 Å². The average molecular weight is 313 g/mol. The van der Waals surface area contributed by atoms with E-state index in [1.807, 2.05) is 0 Å². The van der Waals surface area contributed by atoms with Crippen LogP contribution in [0.2, 0.25) is 0 Å². The summed E-state index contributed by atoms with van der Waals surface area (Å²) in [5, 5.41) is 0. The zero-order valence-corrected chi connectivity index (χ0v) is 15.6. The monoisotopic (exact) mass is 312 g/mol. The maximum absolute atomic E-state index is 5.52. The fraction of sp³-hybridized carbons (Fsp3) is 1.00. The maximum atomic E-state index is 5.52. The summed E-state index contributed by atoms with van der Waals surface area (Å²) in [6.07, 6.45) is 19.2. The second-order valence-electron chi connectivity index (χ2n) is 7.48. The van der Waals surface area contributed by atoms with Crippen molar-refractivity contribution in [2.75, 3.05) is 13.1 Å². The van der Waals surface area contributed by atoms with Gasteiger partial charge in [-0.25, -0.2) is 0 Å². The Balaban J connectivity index is 3.28. The Kier molecular flexibility index (Phi) is 17.2. The van der Waals surface area contributed by atoms with Crippen LogP contribution >= 0.6 is 0 Å². The largest absolute Gasteiger partial charge is 0.330 e. The minimum Gasteiger partial charge on any atom is -0.330 e. The van der Waals surface area contributed by atoms with Crippen molar-refractivity contribution in [2.24, 2.45) is 23.3 Å². The number of unbranched alkanes of at least 4 members (excludes halogenated alkanes) is 7. The molecule has 0 fully saturated rings. The van der Waals surface area contributed by atoms with Gasteiger partial charge in [0.1, 0.15) is 0 Å². The molecule has 2 heteroatoms. The van der Waals surface area contributed by atoms with E-state index in [0.717, 1.165) is 24.9 Å². The third kappa shape index (κ3) is 16.3. The summed E-state index contributed by atoms with van der Waals surface area (Å²) >= 11 is 0. The van der Waals surface area contributed by atoms with Gasteiger partial charge in [-0.2, -0.15) is 0 Å². The molecule has 0 aromatic heterocycles. The summed E-state index contributed by atoms with van der Waals surface area (Å²) < 4.78 is 0. The van der Waals surface area contributed by atoms with Gasteiger partial charge in [0, 0.05) is 0 Å². The van der Waals surface area contributed by atoms with Gasteiger partial charge in [0.15, 0.2) is 0 Å². The molecule has 0 bridgehead atoms. The van der Waals surface area contributed by atoms with Crippen molar-refractivity contribution < 1.29 is 0 Å². The molecule has 134 valence electrons. The van der Waals surface area contributed by atoms with Crippen LogP contribution in [-0.4, -0.2) is 13.1 Å². The molecule has 0 saturated heterocycles. The Hall–Kier alpha value is -0.0800. The van der Waals surface area contributed by atoms with E-state index in [4.69, 9.17) is 11.5 Å². The Morgan fingerprint density at radius 3 is 1.05 bits per heavy atom. The van der Waals surface area contributed by atoms with Crippen molar-refractivity contribution in [3.8, 4) is 0 Å². The zero-order valence-electron chi connectivity index (χ0n) is 15.6. The van der Waals surface area contributed by atoms with E-state index >= 15 is 0 Å². The molecular formula is C20H44N2. The summed E-state index contributed by atoms with van der Waals surface area (Å²) in [5.41, 5.74) is 11.0. The summed E-state index contributed by atoms with van der Waals surface area (Å²) in [5.74, 6) is 1.84. The minimum absolute atomic E-state index is 0.862. The second-order valence-corrected chi connectivity index (χ2v) is 7.48. The van der Waals surface area contributed by atoms with Gasteiger partial charge in [0.25, 0.3) is 0 Å². The molecular weight excluding hydrogens is 268 g/mol. The fourth-order valence-corrected chi connectivity index (χ4v) is 3.26. The van der Waals surface area contributed by atoms with Crippen molar-refractivity contribution >= 4 is 0 Å². The van der Waals surface area contributed by atoms with E-state index in [0.29, 0.717) is 0 Å². The molecule has 0 radical (unpaired) electrons. The van der Waals surface area contributed by atoms with Crippen molar-refractivity contribution in [3.05, 3.63) is 0 Å². The van der Waals surface area contributed by atoms with Crippen LogP contribution in [0.4, 0.5) is 0 Å². The van der Waals surface area contributed by atoms with Gasteiger partial charge < -0.3 is 11.5 Å². The molecule has 0 aliphatic heterocycles. The highest BCUT2D eigenvalue weighted by molar-refractivity contribution is 4.58. The summed E-state index contributed by atoms with van der Waals surface area (Å²) in [6.45, 7) is 6.59. The van der Waals surface area contributed by atoms with Crippen molar-refractivity contribution in [1.29, 1.82) is 0 Å². The lowest BCUT2D eigenvalue weighted by Crippen LogP contribution is -2.00. The minimum atomic E-state index is 0.862. The lowest BCUT2D eigenvalue weighted by atomic mass is 9.93. The highest BCUT2D eigenvalue weighted by Crippen LogP contribution is 2.20. The van der Waals surface area contributed by atoms with E-state index in [9.17, 15) is 0 Å². The van der Waals surface area contributed by atoms with Crippen LogP contribution in [0.25, 0.3) is 0 Å². The van der Waals surface area contributed by atoms with E-state index in [2.05, 4.69) is 13.8 Å². The highest BCUT2D eigenvalue weighted by atomic mass is 14.5. The number of hydrogen-bond donors (Lipinski definition) is 2. The van der Waals surface area contributed by atoms with Crippen LogP contribution in [0.5, 0.6) is 0 Å². The molecule has 2 nitrogen and oxygen atoms in total. The lowest BCUT2D eigenvalue weighted by Gasteiger charge is -2.13. The van der Waals surface area contributed by atoms with Gasteiger partial charge in [-0.3, -0.25) is 0 Å². The van der Waals surface area contributed by atoms with Gasteiger partial charge in [-0.1, -0.05) is 90.9 Å². The van der Waals surface area contributed by atoms with Crippen molar-refractivity contribution in [1.82, 2.24) is 0 Å². The summed E-state index contributed by atoms with van der Waals surface area (Å²) in [7, 11) is 0. The smallest absolute Gasteiger partial charge is 0.00773 e. The third-order valence-corrected chi connectivity index (χ3v) is 4.95. The molecule has 0 aliphatic rings. The van der Waals surface area contributed by atoms with E-state index in [1.165, 1.54) is 89.9 Å². The highest BCUT2D eigenvalue weighted by Gasteiger charge is 2.05. The number of hydrogen-bond acceptors (Lipinski definition) is 2. The molecule has 0 rings (SSSR count). The van der Waals surface area contributed by atoms with Crippen LogP contribution in [0.15, 0.2) is 0 Å². The Bertz CT molecular complexity index is 184. The van der Waals surface area contributed by atoms with Crippen LogP contribution in [-0.2, 0) is 0 Å². The lowest BCUT2D eigenvalue weighted by molar-refractivity contribution is 0.401. The number of rotatable bonds is 17. The summed E-state index contributed by atoms with van der Waals surface area (Å²) in [6, 6.07) is 0. The molecule has 4 N–H and O–H groups in total. The molecule has 0 aromatic rings. The molecule has 0 aliphatic carbocycles. The molecule has 0 spiro atoms.